The van der Waals surface area contributed by atoms with Crippen LogP contribution in [0, 0.1) is 22.0 Å². The second-order valence-corrected chi connectivity index (χ2v) is 9.89. The van der Waals surface area contributed by atoms with Crippen molar-refractivity contribution in [3.05, 3.63) is 28.3 Å². The minimum Gasteiger partial charge on any atom is -0.369 e. The van der Waals surface area contributed by atoms with Crippen molar-refractivity contribution in [3.63, 3.8) is 0 Å². The molecule has 1 aromatic rings. The number of benzene rings is 1. The molecular weight excluding hydrogens is 396 g/mol. The fourth-order valence-electron chi connectivity index (χ4n) is 4.18. The molecule has 160 valence electrons. The van der Waals surface area contributed by atoms with Crippen LogP contribution in [0.15, 0.2) is 23.1 Å². The summed E-state index contributed by atoms with van der Waals surface area (Å²) in [6, 6.07) is 3.81. The Morgan fingerprint density at radius 3 is 2.55 bits per heavy atom. The Bertz CT molecular complexity index is 881. The maximum Gasteiger partial charge on any atom is 0.293 e. The Morgan fingerprint density at radius 2 is 1.93 bits per heavy atom. The third-order valence-corrected chi connectivity index (χ3v) is 7.47. The zero-order chi connectivity index (χ0) is 21.2. The number of amides is 1. The van der Waals surface area contributed by atoms with Crippen LogP contribution >= 0.6 is 0 Å². The van der Waals surface area contributed by atoms with Crippen molar-refractivity contribution in [2.75, 3.05) is 18.0 Å². The van der Waals surface area contributed by atoms with Crippen LogP contribution in [0.25, 0.3) is 0 Å². The van der Waals surface area contributed by atoms with Gasteiger partial charge in [0.25, 0.3) is 5.69 Å². The summed E-state index contributed by atoms with van der Waals surface area (Å²) in [7, 11) is -3.85. The average Bonchev–Trinajstić information content (AvgIpc) is 2.69. The molecule has 0 bridgehead atoms. The molecule has 1 atom stereocenters. The van der Waals surface area contributed by atoms with Gasteiger partial charge in [0.05, 0.1) is 15.7 Å². The number of carbonyl (C=O) groups excluding carboxylic acids is 1. The predicted octanol–water partition coefficient (Wildman–Crippen LogP) is 2.15. The second-order valence-electron chi connectivity index (χ2n) is 8.17. The number of hydrogen-bond acceptors (Lipinski definition) is 6. The molecule has 1 saturated carbocycles. The number of nitrogens with two attached hydrogens (primary N) is 1. The van der Waals surface area contributed by atoms with E-state index in [2.05, 4.69) is 11.6 Å². The molecule has 3 rings (SSSR count). The van der Waals surface area contributed by atoms with Crippen LogP contribution in [-0.2, 0) is 14.8 Å². The van der Waals surface area contributed by atoms with Crippen molar-refractivity contribution in [2.45, 2.75) is 56.4 Å². The van der Waals surface area contributed by atoms with Gasteiger partial charge in [0.2, 0.25) is 15.9 Å². The van der Waals surface area contributed by atoms with Crippen LogP contribution in [0.5, 0.6) is 0 Å². The molecule has 1 aliphatic carbocycles. The molecule has 10 heteroatoms. The van der Waals surface area contributed by atoms with E-state index in [0.717, 1.165) is 31.7 Å². The first-order valence-electron chi connectivity index (χ1n) is 10.0. The summed E-state index contributed by atoms with van der Waals surface area (Å²) in [5.41, 5.74) is 5.43. The monoisotopic (exact) mass is 424 g/mol. The van der Waals surface area contributed by atoms with Crippen LogP contribution in [0.3, 0.4) is 0 Å². The van der Waals surface area contributed by atoms with Crippen molar-refractivity contribution in [1.29, 1.82) is 0 Å². The zero-order valence-electron chi connectivity index (χ0n) is 16.5. The zero-order valence-corrected chi connectivity index (χ0v) is 17.4. The number of nitro benzene ring substituents is 1. The largest absolute Gasteiger partial charge is 0.369 e. The van der Waals surface area contributed by atoms with Crippen molar-refractivity contribution in [3.8, 4) is 0 Å². The predicted molar refractivity (Wildman–Crippen MR) is 109 cm³/mol. The van der Waals surface area contributed by atoms with Gasteiger partial charge in [0.1, 0.15) is 5.69 Å². The summed E-state index contributed by atoms with van der Waals surface area (Å²) >= 11 is 0. The highest BCUT2D eigenvalue weighted by Gasteiger charge is 2.30. The summed E-state index contributed by atoms with van der Waals surface area (Å²) in [6.45, 7) is 2.99. The standard InChI is InChI=1S/C19H28N4O5S/c1-13-4-6-15(7-5-13)21-29(27,28)16-8-9-17(18(11-16)23(25)26)22-10-2-3-14(12-22)19(20)24/h8-9,11,13-15,21H,2-7,10,12H2,1H3,(H2,20,24)/t13?,14-,15?/m1/s1. The molecule has 0 unspecified atom stereocenters. The normalized spacial score (nSPS) is 25.6. The molecule has 3 N–H and O–H groups in total. The van der Waals surface area contributed by atoms with Crippen molar-refractivity contribution in [2.24, 2.45) is 17.6 Å². The van der Waals surface area contributed by atoms with Crippen LogP contribution in [-0.4, -0.2) is 38.4 Å². The highest BCUT2D eigenvalue weighted by atomic mass is 32.2. The van der Waals surface area contributed by atoms with E-state index < -0.39 is 20.9 Å². The summed E-state index contributed by atoms with van der Waals surface area (Å²) in [4.78, 5) is 24.2. The summed E-state index contributed by atoms with van der Waals surface area (Å²) in [5, 5.41) is 11.7. The molecule has 1 aromatic carbocycles. The average molecular weight is 425 g/mol. The highest BCUT2D eigenvalue weighted by molar-refractivity contribution is 7.89. The van der Waals surface area contributed by atoms with E-state index in [0.29, 0.717) is 37.5 Å². The van der Waals surface area contributed by atoms with Gasteiger partial charge in [-0.3, -0.25) is 14.9 Å². The Hall–Kier alpha value is -2.20. The molecule has 0 aromatic heterocycles. The van der Waals surface area contributed by atoms with Crippen LogP contribution in [0.2, 0.25) is 0 Å². The van der Waals surface area contributed by atoms with E-state index in [1.54, 1.807) is 4.90 Å². The van der Waals surface area contributed by atoms with E-state index in [-0.39, 0.29) is 22.5 Å². The fraction of sp³-hybridized carbons (Fsp3) is 0.632. The number of sulfonamides is 1. The van der Waals surface area contributed by atoms with Crippen molar-refractivity contribution >= 4 is 27.3 Å². The van der Waals surface area contributed by atoms with Crippen molar-refractivity contribution in [1.82, 2.24) is 4.72 Å². The Morgan fingerprint density at radius 1 is 1.24 bits per heavy atom. The van der Waals surface area contributed by atoms with E-state index in [1.165, 1.54) is 12.1 Å². The lowest BCUT2D eigenvalue weighted by atomic mass is 9.88. The number of hydrogen-bond donors (Lipinski definition) is 2. The van der Waals surface area contributed by atoms with Gasteiger partial charge in [-0.25, -0.2) is 13.1 Å². The molecule has 1 aliphatic heterocycles. The third kappa shape index (κ3) is 5.05. The second kappa shape index (κ2) is 8.66. The highest BCUT2D eigenvalue weighted by Crippen LogP contribution is 2.34. The minimum absolute atomic E-state index is 0.116. The summed E-state index contributed by atoms with van der Waals surface area (Å²) in [5.74, 6) is -0.213. The molecular formula is C19H28N4O5S. The lowest BCUT2D eigenvalue weighted by molar-refractivity contribution is -0.384. The lowest BCUT2D eigenvalue weighted by Gasteiger charge is -2.32. The van der Waals surface area contributed by atoms with E-state index in [4.69, 9.17) is 5.73 Å². The maximum atomic E-state index is 12.8. The van der Waals surface area contributed by atoms with Crippen LogP contribution < -0.4 is 15.4 Å². The number of piperidine rings is 1. The van der Waals surface area contributed by atoms with Gasteiger partial charge in [0, 0.05) is 25.2 Å². The Labute approximate surface area is 170 Å². The molecule has 1 saturated heterocycles. The van der Waals surface area contributed by atoms with Crippen molar-refractivity contribution < 1.29 is 18.1 Å². The maximum absolute atomic E-state index is 12.8. The van der Waals surface area contributed by atoms with E-state index in [1.807, 2.05) is 0 Å². The SMILES string of the molecule is CC1CCC(NS(=O)(=O)c2ccc(N3CCC[C@@H](C(N)=O)C3)c([N+](=O)[O-])c2)CC1. The Balaban J connectivity index is 1.84. The van der Waals surface area contributed by atoms with E-state index >= 15 is 0 Å². The van der Waals surface area contributed by atoms with Gasteiger partial charge in [0.15, 0.2) is 0 Å². The van der Waals surface area contributed by atoms with Gasteiger partial charge < -0.3 is 10.6 Å². The third-order valence-electron chi connectivity index (χ3n) is 5.96. The first-order chi connectivity index (χ1) is 13.7. The molecule has 2 fully saturated rings. The first kappa shape index (κ1) is 21.5. The number of anilines is 1. The van der Waals surface area contributed by atoms with Gasteiger partial charge in [-0.2, -0.15) is 0 Å². The molecule has 29 heavy (non-hydrogen) atoms. The molecule has 0 spiro atoms. The number of nitro groups is 1. The number of nitrogens with zero attached hydrogens (tertiary/aromatic N) is 2. The topological polar surface area (TPSA) is 136 Å². The van der Waals surface area contributed by atoms with Crippen LogP contribution in [0.4, 0.5) is 11.4 Å². The van der Waals surface area contributed by atoms with Gasteiger partial charge in [-0.1, -0.05) is 6.92 Å². The Kier molecular flexibility index (Phi) is 6.42. The van der Waals surface area contributed by atoms with Crippen LogP contribution in [0.1, 0.15) is 45.4 Å². The molecule has 0 radical (unpaired) electrons. The first-order valence-corrected chi connectivity index (χ1v) is 11.5. The molecule has 1 amide bonds. The minimum atomic E-state index is -3.85. The number of nitrogens with one attached hydrogen (secondary N) is 1. The summed E-state index contributed by atoms with van der Waals surface area (Å²) < 4.78 is 28.2. The number of carbonyl (C=O) groups is 1. The number of rotatable bonds is 6. The molecule has 2 aliphatic rings. The quantitative estimate of drug-likeness (QED) is 0.530. The lowest BCUT2D eigenvalue weighted by Crippen LogP contribution is -2.41. The number of primary amides is 1. The van der Waals surface area contributed by atoms with E-state index in [9.17, 15) is 23.3 Å². The molecule has 1 heterocycles. The fourth-order valence-corrected chi connectivity index (χ4v) is 5.50. The smallest absolute Gasteiger partial charge is 0.293 e. The van der Waals surface area contributed by atoms with Gasteiger partial charge in [-0.05, 0) is 56.6 Å². The van der Waals surface area contributed by atoms with Gasteiger partial charge in [-0.15, -0.1) is 0 Å². The summed E-state index contributed by atoms with van der Waals surface area (Å²) in [6.07, 6.45) is 4.79. The van der Waals surface area contributed by atoms with Gasteiger partial charge >= 0.3 is 0 Å². The molecule has 9 nitrogen and oxygen atoms in total.